The molecule has 26 heteroatoms. The summed E-state index contributed by atoms with van der Waals surface area (Å²) in [6.45, 7) is -10.0. The molecule has 7 N–H and O–H groups in total. The maximum atomic E-state index is 16.1. The van der Waals surface area contributed by atoms with Crippen LogP contribution in [0.4, 0.5) is 16.2 Å². The number of aliphatic hydroxyl groups excluding tert-OH is 1. The van der Waals surface area contributed by atoms with E-state index in [9.17, 15) is 19.4 Å². The molecular weight excluding hydrogens is 721 g/mol. The molecule has 3 fully saturated rings. The number of aromatic amines is 1. The molecule has 3 saturated heterocycles. The fourth-order valence-electron chi connectivity index (χ4n) is 5.30. The molecule has 0 radical (unpaired) electrons. The lowest BCUT2D eigenvalue weighted by molar-refractivity contribution is -0.0584. The van der Waals surface area contributed by atoms with Crippen LogP contribution in [0.2, 0.25) is 5.28 Å². The number of nitrogens with one attached hydrogen (secondary N) is 1. The summed E-state index contributed by atoms with van der Waals surface area (Å²) >= 11 is 15.1. The van der Waals surface area contributed by atoms with Gasteiger partial charge in [0.15, 0.2) is 41.3 Å². The first-order chi connectivity index (χ1) is 21.7. The Bertz CT molecular complexity index is 2010. The highest BCUT2D eigenvalue weighted by Crippen LogP contribution is 2.58. The van der Waals surface area contributed by atoms with Crippen molar-refractivity contribution in [1.29, 1.82) is 0 Å². The zero-order valence-electron chi connectivity index (χ0n) is 22.6. The van der Waals surface area contributed by atoms with Crippen LogP contribution in [-0.2, 0) is 43.9 Å². The number of hydrogen-bond acceptors (Lipinski definition) is 17. The van der Waals surface area contributed by atoms with Gasteiger partial charge in [0, 0.05) is 0 Å². The summed E-state index contributed by atoms with van der Waals surface area (Å²) in [5.41, 5.74) is 10.9. The first-order valence-corrected chi connectivity index (χ1v) is 18.7. The number of halogens is 2. The maximum absolute atomic E-state index is 16.1. The summed E-state index contributed by atoms with van der Waals surface area (Å²) in [5.74, 6) is -0.305. The van der Waals surface area contributed by atoms with E-state index >= 15 is 4.39 Å². The Kier molecular flexibility index (Phi) is 8.15. The predicted molar refractivity (Wildman–Crippen MR) is 161 cm³/mol. The smallest absolute Gasteiger partial charge is 0.386 e. The molecule has 10 atom stereocenters. The lowest BCUT2D eigenvalue weighted by Crippen LogP contribution is -2.35. The number of imidazole rings is 2. The Labute approximate surface area is 270 Å². The number of anilines is 2. The molecule has 0 aliphatic carbocycles. The van der Waals surface area contributed by atoms with Gasteiger partial charge < -0.3 is 35.5 Å². The van der Waals surface area contributed by atoms with Crippen LogP contribution in [0, 0.1) is 0 Å². The number of aromatic nitrogens is 8. The molecule has 7 heterocycles. The lowest BCUT2D eigenvalue weighted by atomic mass is 10.1. The summed E-state index contributed by atoms with van der Waals surface area (Å²) in [4.78, 5) is 45.6. The molecular formula is C20H22ClFN10O10P2S2. The normalized spacial score (nSPS) is 37.2. The minimum Gasteiger partial charge on any atom is -0.387 e. The zero-order valence-corrected chi connectivity index (χ0v) is 26.9. The second kappa shape index (κ2) is 11.7. The van der Waals surface area contributed by atoms with E-state index in [1.807, 2.05) is 0 Å². The predicted octanol–water partition coefficient (Wildman–Crippen LogP) is 0.343. The van der Waals surface area contributed by atoms with Gasteiger partial charge in [-0.05, 0) is 23.4 Å². The zero-order chi connectivity index (χ0) is 32.7. The third-order valence-corrected chi connectivity index (χ3v) is 10.7. The second-order valence-corrected chi connectivity index (χ2v) is 16.2. The Morgan fingerprint density at radius 3 is 2.43 bits per heavy atom. The van der Waals surface area contributed by atoms with Crippen LogP contribution in [0.25, 0.3) is 22.3 Å². The van der Waals surface area contributed by atoms with E-state index < -0.39 is 81.4 Å². The minimum atomic E-state index is -4.43. The molecule has 0 amide bonds. The second-order valence-electron chi connectivity index (χ2n) is 10.2. The molecule has 6 unspecified atom stereocenters. The molecule has 0 saturated carbocycles. The van der Waals surface area contributed by atoms with Crippen molar-refractivity contribution in [3.05, 3.63) is 28.3 Å². The Morgan fingerprint density at radius 2 is 1.67 bits per heavy atom. The largest absolute Gasteiger partial charge is 0.387 e. The average molecular weight is 743 g/mol. The summed E-state index contributed by atoms with van der Waals surface area (Å²) in [7, 11) is 0. The Balaban J connectivity index is 1.21. The van der Waals surface area contributed by atoms with Gasteiger partial charge in [0.25, 0.3) is 5.56 Å². The fraction of sp³-hybridized carbons (Fsp3) is 0.500. The van der Waals surface area contributed by atoms with E-state index in [0.29, 0.717) is 0 Å². The molecule has 4 aromatic rings. The van der Waals surface area contributed by atoms with Crippen molar-refractivity contribution in [2.24, 2.45) is 0 Å². The third-order valence-electron chi connectivity index (χ3n) is 7.31. The van der Waals surface area contributed by atoms with Crippen LogP contribution in [0.5, 0.6) is 0 Å². The van der Waals surface area contributed by atoms with E-state index in [0.717, 1.165) is 0 Å². The van der Waals surface area contributed by atoms with E-state index in [2.05, 4.69) is 42.2 Å². The highest BCUT2D eigenvalue weighted by Gasteiger charge is 2.53. The number of hydrogen-bond donors (Lipinski definition) is 6. The molecule has 0 aromatic carbocycles. The van der Waals surface area contributed by atoms with Crippen molar-refractivity contribution in [3.63, 3.8) is 0 Å². The van der Waals surface area contributed by atoms with Gasteiger partial charge >= 0.3 is 13.5 Å². The number of ether oxygens (including phenoxy) is 2. The van der Waals surface area contributed by atoms with Crippen LogP contribution in [0.3, 0.4) is 0 Å². The first kappa shape index (κ1) is 32.2. The number of nitrogens with zero attached hydrogens (tertiary/aromatic N) is 7. The SMILES string of the molecule is Nc1nc2c(ncn2[C@@H]2O[C@@H]3COP(O)(=S)OC4C(F)[C@H](n5cnc6c(N)nc(Cl)nc65)O[C@@H]4COP(=O)(S)OC2C3O)c(=O)[nH]1. The minimum absolute atomic E-state index is 0.0294. The topological polar surface area (TPSA) is 272 Å². The number of nitrogen functional groups attached to an aromatic ring is 2. The van der Waals surface area contributed by atoms with E-state index in [4.69, 9.17) is 62.4 Å². The van der Waals surface area contributed by atoms with Gasteiger partial charge in [-0.1, -0.05) is 12.2 Å². The maximum Gasteiger partial charge on any atom is 0.386 e. The van der Waals surface area contributed by atoms with Crippen molar-refractivity contribution in [2.75, 3.05) is 24.7 Å². The standard InChI is InChI=1S/C20H22ClFN10O10P2S2/c21-19-27-13(23)8-14(28-19)31(3-25-8)17-7(22)11-6(40-17)2-38-44(36,46)42-12-10(33)5(1-37-43(35,45)41-11)39-18(12)32-4-26-9-15(32)29-20(24)30-16(9)34/h3-7,10-12,17-18,33H,1-2H2,(H,35,45)(H,36,46)(H2,23,27,28)(H3,24,29,30,34)/t5-,6-,7?,10?,11?,12?,17-,18-,43?,44?/m1/s1. The van der Waals surface area contributed by atoms with Crippen molar-refractivity contribution < 1.29 is 46.5 Å². The number of nitrogens with two attached hydrogens (primary N) is 2. The van der Waals surface area contributed by atoms with Gasteiger partial charge in [-0.25, -0.2) is 18.9 Å². The van der Waals surface area contributed by atoms with E-state index in [-0.39, 0.29) is 39.4 Å². The van der Waals surface area contributed by atoms with Crippen molar-refractivity contribution in [2.45, 2.75) is 49.1 Å². The number of fused-ring (bicyclic) bond motifs is 5. The number of rotatable bonds is 2. The summed E-state index contributed by atoms with van der Waals surface area (Å²) < 4.78 is 65.9. The van der Waals surface area contributed by atoms with Crippen LogP contribution in [0.1, 0.15) is 12.5 Å². The Morgan fingerprint density at radius 1 is 1.02 bits per heavy atom. The van der Waals surface area contributed by atoms with Crippen molar-refractivity contribution in [1.82, 2.24) is 39.0 Å². The molecule has 248 valence electrons. The highest BCUT2D eigenvalue weighted by atomic mass is 35.5. The van der Waals surface area contributed by atoms with Crippen LogP contribution in [0.15, 0.2) is 17.4 Å². The molecule has 46 heavy (non-hydrogen) atoms. The number of H-pyrrole nitrogens is 1. The van der Waals surface area contributed by atoms with Gasteiger partial charge in [-0.15, -0.1) is 0 Å². The van der Waals surface area contributed by atoms with E-state index in [1.54, 1.807) is 0 Å². The molecule has 3 aliphatic rings. The fourth-order valence-corrected chi connectivity index (χ4v) is 8.37. The molecule has 2 bridgehead atoms. The lowest BCUT2D eigenvalue weighted by Gasteiger charge is -2.27. The number of thiol groups is 1. The summed E-state index contributed by atoms with van der Waals surface area (Å²) in [6, 6.07) is 0. The van der Waals surface area contributed by atoms with Gasteiger partial charge in [0.2, 0.25) is 11.2 Å². The van der Waals surface area contributed by atoms with Crippen LogP contribution < -0.4 is 17.0 Å². The molecule has 4 aromatic heterocycles. The molecule has 20 nitrogen and oxygen atoms in total. The van der Waals surface area contributed by atoms with Crippen molar-refractivity contribution in [3.8, 4) is 0 Å². The summed E-state index contributed by atoms with van der Waals surface area (Å²) in [6.07, 6.45) is -10.0. The number of aliphatic hydroxyl groups is 1. The van der Waals surface area contributed by atoms with Gasteiger partial charge in [-0.2, -0.15) is 15.0 Å². The van der Waals surface area contributed by atoms with Gasteiger partial charge in [0.1, 0.15) is 36.0 Å². The third kappa shape index (κ3) is 5.72. The monoisotopic (exact) mass is 742 g/mol. The van der Waals surface area contributed by atoms with Crippen LogP contribution in [-0.4, -0.2) is 98.9 Å². The highest BCUT2D eigenvalue weighted by molar-refractivity contribution is 8.44. The average Bonchev–Trinajstić information content (AvgIpc) is 3.72. The summed E-state index contributed by atoms with van der Waals surface area (Å²) in [5, 5.41) is 10.9. The van der Waals surface area contributed by atoms with E-state index in [1.165, 1.54) is 21.8 Å². The van der Waals surface area contributed by atoms with Gasteiger partial charge in [-0.3, -0.25) is 32.5 Å². The quantitative estimate of drug-likeness (QED) is 0.0918. The first-order valence-electron chi connectivity index (χ1n) is 13.0. The number of alkyl halides is 1. The van der Waals surface area contributed by atoms with Crippen molar-refractivity contribution >= 4 is 83.3 Å². The van der Waals surface area contributed by atoms with Gasteiger partial charge in [0.05, 0.1) is 25.9 Å². The molecule has 3 aliphatic heterocycles. The molecule has 0 spiro atoms. The Hall–Kier alpha value is -2.37. The molecule has 7 rings (SSSR count). The van der Waals surface area contributed by atoms with Crippen LogP contribution >= 0.6 is 37.4 Å².